The van der Waals surface area contributed by atoms with Gasteiger partial charge in [0.15, 0.2) is 0 Å². The van der Waals surface area contributed by atoms with Crippen LogP contribution in [-0.2, 0) is 5.41 Å². The number of aliphatic hydroxyl groups is 1. The van der Waals surface area contributed by atoms with Crippen LogP contribution in [0, 0.1) is 0 Å². The lowest BCUT2D eigenvalue weighted by molar-refractivity contribution is 0.251. The third-order valence-corrected chi connectivity index (χ3v) is 3.30. The highest BCUT2D eigenvalue weighted by Crippen LogP contribution is 2.34. The van der Waals surface area contributed by atoms with Gasteiger partial charge in [-0.3, -0.25) is 0 Å². The van der Waals surface area contributed by atoms with Crippen LogP contribution in [0.25, 0.3) is 0 Å². The summed E-state index contributed by atoms with van der Waals surface area (Å²) in [6, 6.07) is 8.14. The topological polar surface area (TPSA) is 29.5 Å². The number of aliphatic hydroxyl groups excluding tert-OH is 1. The molecule has 0 fully saturated rings. The first-order valence-corrected chi connectivity index (χ1v) is 8.06. The predicted molar refractivity (Wildman–Crippen MR) is 69.3 cm³/mol. The second-order valence-corrected chi connectivity index (χ2v) is 6.88. The molecule has 0 saturated heterocycles. The number of hydrogen-bond donors (Lipinski definition) is 1. The van der Waals surface area contributed by atoms with Gasteiger partial charge >= 0.3 is 0 Å². The maximum atomic E-state index is 9.10. The van der Waals surface area contributed by atoms with E-state index < -0.39 is 9.04 Å². The standard InChI is InChI=1S/C13H21O2Si/c1-13(2,9-10-14)11-7-5-6-8-12(11)15-16(3)4/h5-8,14H,9-10H2,1-4H3. The van der Waals surface area contributed by atoms with Crippen molar-refractivity contribution >= 4 is 9.04 Å². The Morgan fingerprint density at radius 3 is 2.44 bits per heavy atom. The Bertz CT molecular complexity index is 334. The first kappa shape index (κ1) is 13.3. The second kappa shape index (κ2) is 5.50. The van der Waals surface area contributed by atoms with Gasteiger partial charge in [0, 0.05) is 6.61 Å². The van der Waals surface area contributed by atoms with E-state index in [4.69, 9.17) is 9.53 Å². The van der Waals surface area contributed by atoms with E-state index in [2.05, 4.69) is 33.0 Å². The van der Waals surface area contributed by atoms with Crippen LogP contribution >= 0.6 is 0 Å². The molecular formula is C13H21O2Si. The Balaban J connectivity index is 3.02. The third-order valence-electron chi connectivity index (χ3n) is 2.67. The predicted octanol–water partition coefficient (Wildman–Crippen LogP) is 2.98. The lowest BCUT2D eigenvalue weighted by Gasteiger charge is -2.27. The molecule has 1 N–H and O–H groups in total. The maximum absolute atomic E-state index is 9.10. The average molecular weight is 237 g/mol. The van der Waals surface area contributed by atoms with E-state index in [0.29, 0.717) is 0 Å². The Hall–Kier alpha value is -0.803. The van der Waals surface area contributed by atoms with Gasteiger partial charge in [-0.15, -0.1) is 0 Å². The molecule has 0 heterocycles. The SMILES string of the molecule is C[Si](C)Oc1ccccc1C(C)(C)CCO. The summed E-state index contributed by atoms with van der Waals surface area (Å²) in [7, 11) is -0.746. The first-order valence-electron chi connectivity index (χ1n) is 5.66. The van der Waals surface area contributed by atoms with Crippen molar-refractivity contribution in [2.45, 2.75) is 38.8 Å². The van der Waals surface area contributed by atoms with Gasteiger partial charge in [-0.2, -0.15) is 0 Å². The molecule has 1 aromatic carbocycles. The monoisotopic (exact) mass is 237 g/mol. The normalized spacial score (nSPS) is 11.9. The van der Waals surface area contributed by atoms with Crippen molar-refractivity contribution in [3.05, 3.63) is 29.8 Å². The molecule has 0 aliphatic rings. The van der Waals surface area contributed by atoms with Gasteiger partial charge in [0.2, 0.25) is 0 Å². The minimum Gasteiger partial charge on any atom is -0.542 e. The van der Waals surface area contributed by atoms with Crippen molar-refractivity contribution in [3.63, 3.8) is 0 Å². The molecule has 89 valence electrons. The highest BCUT2D eigenvalue weighted by atomic mass is 28.3. The second-order valence-electron chi connectivity index (χ2n) is 4.86. The van der Waals surface area contributed by atoms with Crippen molar-refractivity contribution in [1.29, 1.82) is 0 Å². The van der Waals surface area contributed by atoms with Gasteiger partial charge in [-0.1, -0.05) is 32.0 Å². The van der Waals surface area contributed by atoms with Crippen LogP contribution in [0.15, 0.2) is 24.3 Å². The van der Waals surface area contributed by atoms with Crippen LogP contribution in [0.2, 0.25) is 13.1 Å². The van der Waals surface area contributed by atoms with Gasteiger partial charge < -0.3 is 9.53 Å². The average Bonchev–Trinajstić information content (AvgIpc) is 2.17. The summed E-state index contributed by atoms with van der Waals surface area (Å²) in [5.41, 5.74) is 1.15. The van der Waals surface area contributed by atoms with E-state index in [1.54, 1.807) is 0 Å². The third kappa shape index (κ3) is 3.35. The molecule has 0 unspecified atom stereocenters. The number of benzene rings is 1. The Kier molecular flexibility index (Phi) is 4.56. The highest BCUT2D eigenvalue weighted by Gasteiger charge is 2.23. The summed E-state index contributed by atoms with van der Waals surface area (Å²) in [5.74, 6) is 0.972. The molecule has 0 aliphatic heterocycles. The van der Waals surface area contributed by atoms with E-state index in [0.717, 1.165) is 12.2 Å². The number of para-hydroxylation sites is 1. The van der Waals surface area contributed by atoms with Gasteiger partial charge in [-0.05, 0) is 36.6 Å². The molecule has 0 saturated carbocycles. The fourth-order valence-electron chi connectivity index (χ4n) is 1.75. The van der Waals surface area contributed by atoms with E-state index in [-0.39, 0.29) is 12.0 Å². The van der Waals surface area contributed by atoms with Crippen LogP contribution in [0.1, 0.15) is 25.8 Å². The Morgan fingerprint density at radius 1 is 1.25 bits per heavy atom. The first-order chi connectivity index (χ1) is 7.47. The molecule has 1 radical (unpaired) electrons. The molecule has 1 rings (SSSR count). The molecule has 3 heteroatoms. The Morgan fingerprint density at radius 2 is 1.88 bits per heavy atom. The number of rotatable bonds is 5. The molecule has 2 nitrogen and oxygen atoms in total. The van der Waals surface area contributed by atoms with Crippen molar-refractivity contribution < 1.29 is 9.53 Å². The fraction of sp³-hybridized carbons (Fsp3) is 0.538. The largest absolute Gasteiger partial charge is 0.542 e. The van der Waals surface area contributed by atoms with Gasteiger partial charge in [0.25, 0.3) is 9.04 Å². The zero-order chi connectivity index (χ0) is 12.2. The molecule has 0 spiro atoms. The molecule has 0 amide bonds. The minimum absolute atomic E-state index is 0.0390. The smallest absolute Gasteiger partial charge is 0.274 e. The maximum Gasteiger partial charge on any atom is 0.274 e. The zero-order valence-corrected chi connectivity index (χ0v) is 11.6. The van der Waals surface area contributed by atoms with Crippen LogP contribution in [0.4, 0.5) is 0 Å². The minimum atomic E-state index is -0.746. The fourth-order valence-corrected chi connectivity index (χ4v) is 2.37. The van der Waals surface area contributed by atoms with E-state index in [1.807, 2.05) is 18.2 Å². The van der Waals surface area contributed by atoms with Gasteiger partial charge in [0.05, 0.1) is 0 Å². The lowest BCUT2D eigenvalue weighted by atomic mass is 9.81. The van der Waals surface area contributed by atoms with Crippen LogP contribution in [0.3, 0.4) is 0 Å². The lowest BCUT2D eigenvalue weighted by Crippen LogP contribution is -2.22. The molecule has 0 aromatic heterocycles. The summed E-state index contributed by atoms with van der Waals surface area (Å²) in [6.07, 6.45) is 0.753. The molecule has 16 heavy (non-hydrogen) atoms. The zero-order valence-electron chi connectivity index (χ0n) is 10.6. The molecular weight excluding hydrogens is 216 g/mol. The molecule has 1 aromatic rings. The highest BCUT2D eigenvalue weighted by molar-refractivity contribution is 6.49. The van der Waals surface area contributed by atoms with Gasteiger partial charge in [-0.25, -0.2) is 0 Å². The molecule has 0 atom stereocenters. The Labute approximate surface area is 100.0 Å². The van der Waals surface area contributed by atoms with Crippen molar-refractivity contribution in [1.82, 2.24) is 0 Å². The van der Waals surface area contributed by atoms with Crippen molar-refractivity contribution in [3.8, 4) is 5.75 Å². The van der Waals surface area contributed by atoms with E-state index in [1.165, 1.54) is 5.56 Å². The van der Waals surface area contributed by atoms with Crippen LogP contribution < -0.4 is 4.43 Å². The van der Waals surface area contributed by atoms with Gasteiger partial charge in [0.1, 0.15) is 5.75 Å². The quantitative estimate of drug-likeness (QED) is 0.798. The summed E-state index contributed by atoms with van der Waals surface area (Å²) in [4.78, 5) is 0. The molecule has 0 bridgehead atoms. The van der Waals surface area contributed by atoms with E-state index in [9.17, 15) is 0 Å². The number of hydrogen-bond acceptors (Lipinski definition) is 2. The van der Waals surface area contributed by atoms with Crippen molar-refractivity contribution in [2.75, 3.05) is 6.61 Å². The van der Waals surface area contributed by atoms with Crippen LogP contribution in [0.5, 0.6) is 5.75 Å². The summed E-state index contributed by atoms with van der Waals surface area (Å²) < 4.78 is 5.90. The summed E-state index contributed by atoms with van der Waals surface area (Å²) in [5, 5.41) is 9.10. The summed E-state index contributed by atoms with van der Waals surface area (Å²) in [6.45, 7) is 8.74. The van der Waals surface area contributed by atoms with Crippen molar-refractivity contribution in [2.24, 2.45) is 0 Å². The van der Waals surface area contributed by atoms with E-state index >= 15 is 0 Å². The van der Waals surface area contributed by atoms with Crippen LogP contribution in [-0.4, -0.2) is 20.8 Å². The summed E-state index contributed by atoms with van der Waals surface area (Å²) >= 11 is 0. The molecule has 0 aliphatic carbocycles.